The van der Waals surface area contributed by atoms with Gasteiger partial charge in [0.05, 0.1) is 11.5 Å². The second-order valence-electron chi connectivity index (χ2n) is 4.65. The van der Waals surface area contributed by atoms with Crippen molar-refractivity contribution in [2.75, 3.05) is 6.61 Å². The lowest BCUT2D eigenvalue weighted by molar-refractivity contribution is -0.123. The van der Waals surface area contributed by atoms with Crippen LogP contribution < -0.4 is 4.74 Å². The van der Waals surface area contributed by atoms with E-state index < -0.39 is 0 Å². The lowest BCUT2D eigenvalue weighted by Crippen LogP contribution is -2.34. The Morgan fingerprint density at radius 3 is 2.50 bits per heavy atom. The number of thiocarbonyl (C=S) groups is 1. The van der Waals surface area contributed by atoms with Gasteiger partial charge in [-0.05, 0) is 44.5 Å². The summed E-state index contributed by atoms with van der Waals surface area (Å²) in [7, 11) is 0. The van der Waals surface area contributed by atoms with E-state index in [0.717, 1.165) is 11.3 Å². The molecule has 0 bridgehead atoms. The summed E-state index contributed by atoms with van der Waals surface area (Å²) in [6.45, 7) is 6.52. The number of carbonyl (C=O) groups excluding carboxylic acids is 1. The molecular weight excluding hydrogens is 290 g/mol. The van der Waals surface area contributed by atoms with E-state index in [9.17, 15) is 4.79 Å². The average molecular weight is 307 g/mol. The van der Waals surface area contributed by atoms with Crippen LogP contribution in [0.1, 0.15) is 26.3 Å². The monoisotopic (exact) mass is 307 g/mol. The number of thioether (sulfide) groups is 1. The van der Waals surface area contributed by atoms with Gasteiger partial charge in [0.2, 0.25) is 0 Å². The van der Waals surface area contributed by atoms with Gasteiger partial charge in [-0.1, -0.05) is 36.1 Å². The second kappa shape index (κ2) is 6.41. The Morgan fingerprint density at radius 2 is 2.00 bits per heavy atom. The van der Waals surface area contributed by atoms with E-state index in [1.165, 1.54) is 11.8 Å². The quantitative estimate of drug-likeness (QED) is 0.627. The Morgan fingerprint density at radius 1 is 1.35 bits per heavy atom. The molecule has 0 unspecified atom stereocenters. The molecule has 5 heteroatoms. The van der Waals surface area contributed by atoms with Gasteiger partial charge in [0.15, 0.2) is 0 Å². The molecule has 1 aliphatic rings. The van der Waals surface area contributed by atoms with Crippen molar-refractivity contribution >= 4 is 40.3 Å². The third-order valence-corrected chi connectivity index (χ3v) is 4.16. The van der Waals surface area contributed by atoms with Crippen LogP contribution in [-0.2, 0) is 4.79 Å². The maximum absolute atomic E-state index is 12.3. The zero-order valence-electron chi connectivity index (χ0n) is 11.8. The molecule has 106 valence electrons. The van der Waals surface area contributed by atoms with Gasteiger partial charge >= 0.3 is 0 Å². The summed E-state index contributed by atoms with van der Waals surface area (Å²) in [5.74, 6) is 0.822. The van der Waals surface area contributed by atoms with Gasteiger partial charge in [-0.2, -0.15) is 0 Å². The molecule has 0 N–H and O–H groups in total. The summed E-state index contributed by atoms with van der Waals surface area (Å²) in [5, 5.41) is 0. The van der Waals surface area contributed by atoms with E-state index in [4.69, 9.17) is 17.0 Å². The minimum Gasteiger partial charge on any atom is -0.494 e. The molecule has 0 saturated carbocycles. The van der Waals surface area contributed by atoms with Crippen LogP contribution in [0.2, 0.25) is 0 Å². The van der Waals surface area contributed by atoms with Crippen molar-refractivity contribution in [2.24, 2.45) is 0 Å². The first-order valence-corrected chi connectivity index (χ1v) is 7.75. The van der Waals surface area contributed by atoms with E-state index in [0.29, 0.717) is 15.8 Å². The van der Waals surface area contributed by atoms with Crippen LogP contribution in [0, 0.1) is 0 Å². The third-order valence-electron chi connectivity index (χ3n) is 2.83. The van der Waals surface area contributed by atoms with E-state index in [-0.39, 0.29) is 11.9 Å². The topological polar surface area (TPSA) is 29.5 Å². The lowest BCUT2D eigenvalue weighted by atomic mass is 10.2. The molecule has 1 amide bonds. The Bertz CT molecular complexity index is 549. The fraction of sp³-hybridized carbons (Fsp3) is 0.333. The molecule has 1 aliphatic heterocycles. The Balaban J connectivity index is 2.19. The van der Waals surface area contributed by atoms with Crippen molar-refractivity contribution in [1.29, 1.82) is 0 Å². The Labute approximate surface area is 129 Å². The van der Waals surface area contributed by atoms with Crippen molar-refractivity contribution in [3.8, 4) is 5.75 Å². The predicted octanol–water partition coefficient (Wildman–Crippen LogP) is 3.69. The maximum atomic E-state index is 12.3. The van der Waals surface area contributed by atoms with Crippen LogP contribution in [0.25, 0.3) is 6.08 Å². The second-order valence-corrected chi connectivity index (χ2v) is 6.32. The lowest BCUT2D eigenvalue weighted by Gasteiger charge is -2.18. The van der Waals surface area contributed by atoms with Crippen molar-refractivity contribution in [3.63, 3.8) is 0 Å². The molecule has 0 radical (unpaired) electrons. The minimum absolute atomic E-state index is 0.0103. The molecule has 2 rings (SSSR count). The molecule has 0 atom stereocenters. The van der Waals surface area contributed by atoms with Gasteiger partial charge in [-0.3, -0.25) is 9.69 Å². The van der Waals surface area contributed by atoms with Gasteiger partial charge in [0, 0.05) is 6.04 Å². The largest absolute Gasteiger partial charge is 0.494 e. The number of amides is 1. The molecule has 0 spiro atoms. The highest BCUT2D eigenvalue weighted by atomic mass is 32.2. The number of nitrogens with zero attached hydrogens (tertiary/aromatic N) is 1. The molecule has 1 heterocycles. The summed E-state index contributed by atoms with van der Waals surface area (Å²) in [6, 6.07) is 7.77. The van der Waals surface area contributed by atoms with E-state index in [2.05, 4.69) is 0 Å². The Kier molecular flexibility index (Phi) is 4.83. The van der Waals surface area contributed by atoms with Crippen LogP contribution >= 0.6 is 24.0 Å². The highest BCUT2D eigenvalue weighted by Gasteiger charge is 2.33. The normalized spacial score (nSPS) is 17.4. The van der Waals surface area contributed by atoms with Crippen LogP contribution in [0.3, 0.4) is 0 Å². The summed E-state index contributed by atoms with van der Waals surface area (Å²) < 4.78 is 6.02. The smallest absolute Gasteiger partial charge is 0.266 e. The first-order chi connectivity index (χ1) is 9.52. The van der Waals surface area contributed by atoms with E-state index in [1.807, 2.05) is 51.1 Å². The molecule has 1 saturated heterocycles. The number of hydrogen-bond acceptors (Lipinski definition) is 4. The first kappa shape index (κ1) is 15.1. The number of rotatable bonds is 4. The number of hydrogen-bond donors (Lipinski definition) is 0. The maximum Gasteiger partial charge on any atom is 0.266 e. The minimum atomic E-state index is -0.0103. The number of benzene rings is 1. The van der Waals surface area contributed by atoms with Crippen molar-refractivity contribution in [1.82, 2.24) is 4.90 Å². The Hall–Kier alpha value is -1.33. The fourth-order valence-corrected chi connectivity index (χ4v) is 3.43. The number of carbonyl (C=O) groups is 1. The standard InChI is InChI=1S/C15H17NO2S2/c1-4-18-12-7-5-11(6-8-12)9-13-14(17)16(10(2)3)15(19)20-13/h5-10H,4H2,1-3H3. The molecule has 0 aliphatic carbocycles. The highest BCUT2D eigenvalue weighted by Crippen LogP contribution is 2.33. The molecule has 0 aromatic heterocycles. The third kappa shape index (κ3) is 3.22. The van der Waals surface area contributed by atoms with E-state index >= 15 is 0 Å². The SMILES string of the molecule is CCOc1ccc(C=C2SC(=S)N(C(C)C)C2=O)cc1. The van der Waals surface area contributed by atoms with Gasteiger partial charge < -0.3 is 4.74 Å². The summed E-state index contributed by atoms with van der Waals surface area (Å²) in [6.07, 6.45) is 1.87. The number of ether oxygens (including phenoxy) is 1. The molecule has 1 fully saturated rings. The molecule has 3 nitrogen and oxygen atoms in total. The average Bonchev–Trinajstić information content (AvgIpc) is 2.67. The van der Waals surface area contributed by atoms with Gasteiger partial charge in [0.25, 0.3) is 5.91 Å². The van der Waals surface area contributed by atoms with Gasteiger partial charge in [0.1, 0.15) is 10.1 Å². The van der Waals surface area contributed by atoms with Crippen molar-refractivity contribution in [3.05, 3.63) is 34.7 Å². The van der Waals surface area contributed by atoms with Crippen LogP contribution in [-0.4, -0.2) is 27.8 Å². The van der Waals surface area contributed by atoms with Crippen molar-refractivity contribution in [2.45, 2.75) is 26.8 Å². The summed E-state index contributed by atoms with van der Waals surface area (Å²) in [5.41, 5.74) is 0.970. The van der Waals surface area contributed by atoms with Gasteiger partial charge in [-0.25, -0.2) is 0 Å². The molecule has 1 aromatic rings. The van der Waals surface area contributed by atoms with Gasteiger partial charge in [-0.15, -0.1) is 0 Å². The summed E-state index contributed by atoms with van der Waals surface area (Å²) >= 11 is 6.61. The molecule has 20 heavy (non-hydrogen) atoms. The zero-order chi connectivity index (χ0) is 14.7. The summed E-state index contributed by atoms with van der Waals surface area (Å²) in [4.78, 5) is 14.6. The zero-order valence-corrected chi connectivity index (χ0v) is 13.4. The highest BCUT2D eigenvalue weighted by molar-refractivity contribution is 8.26. The van der Waals surface area contributed by atoms with Crippen LogP contribution in [0.4, 0.5) is 0 Å². The fourth-order valence-electron chi connectivity index (χ4n) is 1.90. The van der Waals surface area contributed by atoms with Crippen molar-refractivity contribution < 1.29 is 9.53 Å². The predicted molar refractivity (Wildman–Crippen MR) is 87.8 cm³/mol. The molecule has 1 aromatic carbocycles. The molecular formula is C15H17NO2S2. The van der Waals surface area contributed by atoms with Crippen LogP contribution in [0.15, 0.2) is 29.2 Å². The van der Waals surface area contributed by atoms with Crippen LogP contribution in [0.5, 0.6) is 5.75 Å². The first-order valence-electron chi connectivity index (χ1n) is 6.53. The van der Waals surface area contributed by atoms with E-state index in [1.54, 1.807) is 4.90 Å².